The summed E-state index contributed by atoms with van der Waals surface area (Å²) in [6, 6.07) is 68.2. The first-order valence-corrected chi connectivity index (χ1v) is 19.6. The molecule has 0 N–H and O–H groups in total. The van der Waals surface area contributed by atoms with Gasteiger partial charge >= 0.3 is 0 Å². The summed E-state index contributed by atoms with van der Waals surface area (Å²) in [6.45, 7) is 9.45. The molecule has 0 radical (unpaired) electrons. The summed E-state index contributed by atoms with van der Waals surface area (Å²) < 4.78 is 0. The molecule has 0 amide bonds. The van der Waals surface area contributed by atoms with Crippen LogP contribution in [0, 0.1) is 0 Å². The first-order valence-electron chi connectivity index (χ1n) is 19.6. The minimum absolute atomic E-state index is 0.192. The van der Waals surface area contributed by atoms with Gasteiger partial charge in [-0.1, -0.05) is 155 Å². The molecule has 8 aromatic rings. The molecule has 0 saturated heterocycles. The summed E-state index contributed by atoms with van der Waals surface area (Å²) in [5.41, 5.74) is 17.4. The van der Waals surface area contributed by atoms with Crippen LogP contribution in [0.3, 0.4) is 0 Å². The fourth-order valence-corrected chi connectivity index (χ4v) is 9.05. The maximum atomic E-state index is 5.41. The minimum atomic E-state index is -0.256. The van der Waals surface area contributed by atoms with E-state index in [-0.39, 0.29) is 10.8 Å². The summed E-state index contributed by atoms with van der Waals surface area (Å²) >= 11 is 0. The van der Waals surface area contributed by atoms with Gasteiger partial charge in [-0.15, -0.1) is 0 Å². The van der Waals surface area contributed by atoms with E-state index in [1.54, 1.807) is 0 Å². The Morgan fingerprint density at radius 2 is 0.786 bits per heavy atom. The lowest BCUT2D eigenvalue weighted by Crippen LogP contribution is -2.31. The number of nitrogens with zero attached hydrogens (tertiary/aromatic N) is 3. The summed E-state index contributed by atoms with van der Waals surface area (Å²) in [6.07, 6.45) is 0. The second-order valence-electron chi connectivity index (χ2n) is 16.1. The second kappa shape index (κ2) is 13.0. The Morgan fingerprint density at radius 3 is 1.36 bits per heavy atom. The molecule has 0 aliphatic carbocycles. The Bertz CT molecular complexity index is 2690. The zero-order valence-corrected chi connectivity index (χ0v) is 32.2. The summed E-state index contributed by atoms with van der Waals surface area (Å²) in [4.78, 5) is 10.2. The van der Waals surface area contributed by atoms with Crippen LogP contribution >= 0.6 is 0 Å². The second-order valence-corrected chi connectivity index (χ2v) is 16.1. The van der Waals surface area contributed by atoms with Gasteiger partial charge in [0.25, 0.3) is 0 Å². The Labute approximate surface area is 330 Å². The van der Waals surface area contributed by atoms with Gasteiger partial charge in [0, 0.05) is 22.1 Å². The van der Waals surface area contributed by atoms with Crippen LogP contribution in [-0.4, -0.2) is 4.98 Å². The van der Waals surface area contributed by atoms with E-state index in [2.05, 4.69) is 226 Å². The number of benzene rings is 7. The number of hydrogen-bond acceptors (Lipinski definition) is 3. The number of rotatable bonds is 5. The van der Waals surface area contributed by atoms with Gasteiger partial charge in [-0.25, -0.2) is 4.98 Å². The van der Waals surface area contributed by atoms with Gasteiger partial charge in [-0.2, -0.15) is 0 Å². The van der Waals surface area contributed by atoms with Crippen LogP contribution in [0.25, 0.3) is 33.5 Å². The lowest BCUT2D eigenvalue weighted by atomic mass is 9.72. The number of fused-ring (bicyclic) bond motifs is 4. The molecule has 0 spiro atoms. The quantitative estimate of drug-likeness (QED) is 0.176. The van der Waals surface area contributed by atoms with Crippen LogP contribution < -0.4 is 9.80 Å². The Kier molecular flexibility index (Phi) is 7.83. The Morgan fingerprint density at radius 1 is 0.339 bits per heavy atom. The minimum Gasteiger partial charge on any atom is -0.310 e. The van der Waals surface area contributed by atoms with Gasteiger partial charge in [-0.05, 0) is 105 Å². The molecular formula is C53H43N3. The van der Waals surface area contributed by atoms with Gasteiger partial charge in [0.15, 0.2) is 0 Å². The molecule has 0 atom stereocenters. The Hall–Kier alpha value is -6.71. The maximum absolute atomic E-state index is 5.41. The number of hydrogen-bond donors (Lipinski definition) is 0. The lowest BCUT2D eigenvalue weighted by Gasteiger charge is -2.42. The number of para-hydroxylation sites is 3. The van der Waals surface area contributed by atoms with Crippen molar-refractivity contribution in [2.24, 2.45) is 0 Å². The van der Waals surface area contributed by atoms with E-state index in [1.165, 1.54) is 56.0 Å². The monoisotopic (exact) mass is 721 g/mol. The molecule has 0 bridgehead atoms. The van der Waals surface area contributed by atoms with Gasteiger partial charge in [0.05, 0.1) is 28.4 Å². The third kappa shape index (κ3) is 5.38. The number of pyridine rings is 1. The summed E-state index contributed by atoms with van der Waals surface area (Å²) in [5.74, 6) is 0.900. The van der Waals surface area contributed by atoms with E-state index in [0.717, 1.165) is 34.0 Å². The van der Waals surface area contributed by atoms with E-state index in [9.17, 15) is 0 Å². The molecule has 1 aromatic heterocycles. The van der Waals surface area contributed by atoms with Crippen molar-refractivity contribution in [1.29, 1.82) is 0 Å². The standard InChI is InChI=1S/C53H43N3/c1-52(2)42-24-14-16-26-47(42)55(41-22-12-7-13-23-41)49-30-28-38(32-44(49)52)39-29-31-50-45(33-39)53(3,4)43-25-15-17-27-48(43)56(50)51-35-40(36-18-8-5-9-19-36)34-46(54-51)37-20-10-6-11-21-37/h5-35H,1-4H3. The van der Waals surface area contributed by atoms with E-state index in [0.29, 0.717) is 0 Å². The van der Waals surface area contributed by atoms with Crippen molar-refractivity contribution < 1.29 is 0 Å². The molecule has 3 heterocycles. The van der Waals surface area contributed by atoms with Crippen molar-refractivity contribution in [3.63, 3.8) is 0 Å². The highest BCUT2D eigenvalue weighted by atomic mass is 15.2. The molecule has 270 valence electrons. The highest BCUT2D eigenvalue weighted by Gasteiger charge is 2.39. The normalized spacial score (nSPS) is 14.6. The summed E-state index contributed by atoms with van der Waals surface area (Å²) in [5, 5.41) is 0. The van der Waals surface area contributed by atoms with Crippen LogP contribution in [0.4, 0.5) is 34.3 Å². The smallest absolute Gasteiger partial charge is 0.138 e. The third-order valence-electron chi connectivity index (χ3n) is 12.0. The van der Waals surface area contributed by atoms with Crippen LogP contribution in [0.1, 0.15) is 49.9 Å². The zero-order valence-electron chi connectivity index (χ0n) is 32.2. The molecule has 0 fully saturated rings. The van der Waals surface area contributed by atoms with Crippen molar-refractivity contribution in [3.05, 3.63) is 210 Å². The highest BCUT2D eigenvalue weighted by Crippen LogP contribution is 2.55. The van der Waals surface area contributed by atoms with Gasteiger partial charge in [-0.3, -0.25) is 4.90 Å². The SMILES string of the molecule is CC1(C)c2ccccc2N(c2ccccc2)c2ccc(-c3ccc4c(c3)C(C)(C)c3ccccc3N4c3cc(-c4ccccc4)cc(-c4ccccc4)n3)cc21. The van der Waals surface area contributed by atoms with Crippen molar-refractivity contribution in [3.8, 4) is 33.5 Å². The molecule has 7 aromatic carbocycles. The number of aromatic nitrogens is 1. The number of anilines is 6. The fourth-order valence-electron chi connectivity index (χ4n) is 9.05. The van der Waals surface area contributed by atoms with Crippen molar-refractivity contribution in [1.82, 2.24) is 4.98 Å². The molecule has 10 rings (SSSR count). The van der Waals surface area contributed by atoms with Gasteiger partial charge < -0.3 is 4.90 Å². The maximum Gasteiger partial charge on any atom is 0.138 e. The van der Waals surface area contributed by atoms with Crippen molar-refractivity contribution in [2.75, 3.05) is 9.80 Å². The predicted octanol–water partition coefficient (Wildman–Crippen LogP) is 14.3. The molecule has 2 aliphatic heterocycles. The topological polar surface area (TPSA) is 19.4 Å². The van der Waals surface area contributed by atoms with E-state index in [4.69, 9.17) is 4.98 Å². The molecule has 3 heteroatoms. The van der Waals surface area contributed by atoms with E-state index < -0.39 is 0 Å². The van der Waals surface area contributed by atoms with Crippen molar-refractivity contribution in [2.45, 2.75) is 38.5 Å². The van der Waals surface area contributed by atoms with Crippen LogP contribution in [0.5, 0.6) is 0 Å². The fraction of sp³-hybridized carbons (Fsp3) is 0.113. The lowest BCUT2D eigenvalue weighted by molar-refractivity contribution is 0.630. The van der Waals surface area contributed by atoms with Crippen LogP contribution in [-0.2, 0) is 10.8 Å². The Balaban J connectivity index is 1.14. The predicted molar refractivity (Wildman–Crippen MR) is 234 cm³/mol. The molecule has 0 saturated carbocycles. The third-order valence-corrected chi connectivity index (χ3v) is 12.0. The van der Waals surface area contributed by atoms with Crippen LogP contribution in [0.2, 0.25) is 0 Å². The average Bonchev–Trinajstić information content (AvgIpc) is 3.25. The van der Waals surface area contributed by atoms with E-state index in [1.807, 2.05) is 0 Å². The average molecular weight is 722 g/mol. The van der Waals surface area contributed by atoms with Crippen LogP contribution in [0.15, 0.2) is 188 Å². The zero-order chi connectivity index (χ0) is 38.0. The molecular weight excluding hydrogens is 679 g/mol. The highest BCUT2D eigenvalue weighted by molar-refractivity contribution is 5.90. The van der Waals surface area contributed by atoms with Crippen molar-refractivity contribution >= 4 is 34.3 Å². The first-order chi connectivity index (χ1) is 27.3. The molecule has 56 heavy (non-hydrogen) atoms. The van der Waals surface area contributed by atoms with Gasteiger partial charge in [0.1, 0.15) is 5.82 Å². The van der Waals surface area contributed by atoms with E-state index >= 15 is 0 Å². The molecule has 0 unspecified atom stereocenters. The first kappa shape index (κ1) is 33.8. The molecule has 2 aliphatic rings. The summed E-state index contributed by atoms with van der Waals surface area (Å²) in [7, 11) is 0. The molecule has 3 nitrogen and oxygen atoms in total. The largest absolute Gasteiger partial charge is 0.310 e. The van der Waals surface area contributed by atoms with Gasteiger partial charge in [0.2, 0.25) is 0 Å².